The van der Waals surface area contributed by atoms with Crippen LogP contribution < -0.4 is 11.0 Å². The minimum atomic E-state index is -0.809. The van der Waals surface area contributed by atoms with Gasteiger partial charge in [0.15, 0.2) is 5.65 Å². The zero-order chi connectivity index (χ0) is 19.0. The zero-order valence-electron chi connectivity index (χ0n) is 14.2. The number of H-pyrrole nitrogens is 1. The molecule has 4 rings (SSSR count). The zero-order valence-corrected chi connectivity index (χ0v) is 14.2. The average molecular weight is 370 g/mol. The maximum Gasteiger partial charge on any atom is 0.348 e. The summed E-state index contributed by atoms with van der Waals surface area (Å²) in [5.41, 5.74) is 0.150. The van der Waals surface area contributed by atoms with Crippen LogP contribution in [0.3, 0.4) is 0 Å². The summed E-state index contributed by atoms with van der Waals surface area (Å²) in [4.78, 5) is 30.9. The Bertz CT molecular complexity index is 1030. The number of amides is 1. The monoisotopic (exact) mass is 370 g/mol. The normalized spacial score (nSPS) is 22.2. The molecule has 1 aliphatic rings. The molecule has 0 unspecified atom stereocenters. The molecule has 1 amide bonds. The van der Waals surface area contributed by atoms with E-state index in [4.69, 9.17) is 4.74 Å². The van der Waals surface area contributed by atoms with Crippen LogP contribution in [-0.2, 0) is 4.74 Å². The largest absolute Gasteiger partial charge is 0.394 e. The summed E-state index contributed by atoms with van der Waals surface area (Å²) in [7, 11) is 0. The van der Waals surface area contributed by atoms with Gasteiger partial charge in [0.05, 0.1) is 18.1 Å². The van der Waals surface area contributed by atoms with E-state index in [-0.39, 0.29) is 24.8 Å². The van der Waals surface area contributed by atoms with E-state index in [2.05, 4.69) is 15.3 Å². The predicted molar refractivity (Wildman–Crippen MR) is 96.4 cm³/mol. The third kappa shape index (κ3) is 3.23. The first-order valence-electron chi connectivity index (χ1n) is 8.48. The van der Waals surface area contributed by atoms with Gasteiger partial charge in [-0.2, -0.15) is 4.98 Å². The highest BCUT2D eigenvalue weighted by molar-refractivity contribution is 6.07. The molecular weight excluding hydrogens is 352 g/mol. The van der Waals surface area contributed by atoms with Gasteiger partial charge >= 0.3 is 5.69 Å². The Balaban J connectivity index is 1.69. The molecule has 2 aromatic heterocycles. The summed E-state index contributed by atoms with van der Waals surface area (Å²) in [6, 6.07) is 10.3. The number of fused-ring (bicyclic) bond motifs is 1. The molecule has 9 heteroatoms. The molecule has 27 heavy (non-hydrogen) atoms. The summed E-state index contributed by atoms with van der Waals surface area (Å²) >= 11 is 0. The van der Waals surface area contributed by atoms with Crippen LogP contribution in [0.1, 0.15) is 23.0 Å². The van der Waals surface area contributed by atoms with Gasteiger partial charge in [-0.1, -0.05) is 18.2 Å². The van der Waals surface area contributed by atoms with Crippen molar-refractivity contribution in [2.24, 2.45) is 0 Å². The van der Waals surface area contributed by atoms with E-state index in [0.29, 0.717) is 16.6 Å². The molecule has 0 spiro atoms. The molecule has 4 N–H and O–H groups in total. The molecule has 1 saturated heterocycles. The Morgan fingerprint density at radius 3 is 2.81 bits per heavy atom. The van der Waals surface area contributed by atoms with Gasteiger partial charge in [0.1, 0.15) is 18.1 Å². The van der Waals surface area contributed by atoms with E-state index in [1.165, 1.54) is 0 Å². The molecule has 3 aromatic rings. The van der Waals surface area contributed by atoms with Crippen LogP contribution in [-0.4, -0.2) is 49.5 Å². The lowest BCUT2D eigenvalue weighted by Gasteiger charge is -2.14. The number of rotatable bonds is 4. The molecule has 3 heterocycles. The van der Waals surface area contributed by atoms with Crippen molar-refractivity contribution >= 4 is 22.8 Å². The number of nitrogens with zero attached hydrogens (tertiary/aromatic N) is 2. The first kappa shape index (κ1) is 17.4. The Kier molecular flexibility index (Phi) is 4.48. The summed E-state index contributed by atoms with van der Waals surface area (Å²) in [6.45, 7) is -0.302. The lowest BCUT2D eigenvalue weighted by atomic mass is 10.2. The highest BCUT2D eigenvalue weighted by atomic mass is 16.5. The van der Waals surface area contributed by atoms with Crippen molar-refractivity contribution in [1.82, 2.24) is 14.5 Å². The summed E-state index contributed by atoms with van der Waals surface area (Å²) < 4.78 is 7.24. The van der Waals surface area contributed by atoms with E-state index in [1.54, 1.807) is 47.2 Å². The van der Waals surface area contributed by atoms with Crippen molar-refractivity contribution in [2.75, 3.05) is 11.9 Å². The van der Waals surface area contributed by atoms with Crippen LogP contribution in [0, 0.1) is 0 Å². The molecule has 0 radical (unpaired) electrons. The second-order valence-corrected chi connectivity index (χ2v) is 6.31. The first-order valence-corrected chi connectivity index (χ1v) is 8.48. The Labute approximate surface area is 153 Å². The maximum absolute atomic E-state index is 12.4. The quantitative estimate of drug-likeness (QED) is 0.533. The smallest absolute Gasteiger partial charge is 0.348 e. The van der Waals surface area contributed by atoms with Crippen LogP contribution >= 0.6 is 0 Å². The Morgan fingerprint density at radius 2 is 2.11 bits per heavy atom. The predicted octanol–water partition coefficient (Wildman–Crippen LogP) is 0.618. The van der Waals surface area contributed by atoms with Crippen molar-refractivity contribution in [2.45, 2.75) is 24.9 Å². The van der Waals surface area contributed by atoms with Crippen molar-refractivity contribution in [3.05, 3.63) is 58.6 Å². The van der Waals surface area contributed by atoms with E-state index in [0.717, 1.165) is 0 Å². The number of aromatic amines is 1. The van der Waals surface area contributed by atoms with Crippen LogP contribution in [0.2, 0.25) is 0 Å². The minimum Gasteiger partial charge on any atom is -0.394 e. The number of benzene rings is 1. The van der Waals surface area contributed by atoms with Crippen molar-refractivity contribution < 1.29 is 19.7 Å². The Morgan fingerprint density at radius 1 is 1.33 bits per heavy atom. The number of ether oxygens (including phenoxy) is 1. The Hall–Kier alpha value is -3.01. The number of aliphatic hydroxyl groups is 2. The van der Waals surface area contributed by atoms with Crippen LogP contribution in [0.25, 0.3) is 11.0 Å². The number of nitrogens with one attached hydrogen (secondary N) is 2. The van der Waals surface area contributed by atoms with Gasteiger partial charge in [-0.3, -0.25) is 9.78 Å². The fraction of sp³-hybridized carbons (Fsp3) is 0.278. The summed E-state index contributed by atoms with van der Waals surface area (Å²) in [5.74, 6) is -0.130. The van der Waals surface area contributed by atoms with E-state index in [1.807, 2.05) is 0 Å². The van der Waals surface area contributed by atoms with E-state index >= 15 is 0 Å². The van der Waals surface area contributed by atoms with Crippen molar-refractivity contribution in [1.29, 1.82) is 0 Å². The molecule has 1 aromatic carbocycles. The van der Waals surface area contributed by atoms with Crippen LogP contribution in [0.15, 0.2) is 47.4 Å². The molecule has 1 fully saturated rings. The van der Waals surface area contributed by atoms with Crippen molar-refractivity contribution in [3.63, 3.8) is 0 Å². The second kappa shape index (κ2) is 6.95. The summed E-state index contributed by atoms with van der Waals surface area (Å²) in [6.07, 6.45) is -0.139. The third-order valence-electron chi connectivity index (χ3n) is 4.56. The molecule has 140 valence electrons. The standard InChI is InChI=1S/C18H18N4O5/c23-9-13-12(24)8-14(27-13)22-7-6-11-15(20-18(26)21-16(11)22)19-17(25)10-4-2-1-3-5-10/h1-7,12-14,23-24H,8-9H2,(H2,19,20,21,25,26)/t12-,13+,14+/m0/s1. The number of aliphatic hydroxyl groups excluding tert-OH is 2. The topological polar surface area (TPSA) is 129 Å². The average Bonchev–Trinajstić information content (AvgIpc) is 3.25. The number of anilines is 1. The highest BCUT2D eigenvalue weighted by Crippen LogP contribution is 2.32. The maximum atomic E-state index is 12.4. The fourth-order valence-corrected chi connectivity index (χ4v) is 3.21. The van der Waals surface area contributed by atoms with Gasteiger partial charge in [0.25, 0.3) is 5.91 Å². The highest BCUT2D eigenvalue weighted by Gasteiger charge is 2.35. The van der Waals surface area contributed by atoms with Crippen LogP contribution in [0.5, 0.6) is 0 Å². The molecule has 1 aliphatic heterocycles. The first-order chi connectivity index (χ1) is 13.1. The van der Waals surface area contributed by atoms with Crippen molar-refractivity contribution in [3.8, 4) is 0 Å². The van der Waals surface area contributed by atoms with Gasteiger partial charge in [0.2, 0.25) is 0 Å². The number of carbonyl (C=O) groups excluding carboxylic acids is 1. The molecular formula is C18H18N4O5. The van der Waals surface area contributed by atoms with Gasteiger partial charge in [-0.05, 0) is 18.2 Å². The van der Waals surface area contributed by atoms with Crippen LogP contribution in [0.4, 0.5) is 5.82 Å². The number of aromatic nitrogens is 3. The van der Waals surface area contributed by atoms with E-state index in [9.17, 15) is 19.8 Å². The number of carbonyl (C=O) groups is 1. The van der Waals surface area contributed by atoms with Gasteiger partial charge in [0, 0.05) is 18.2 Å². The molecule has 0 aliphatic carbocycles. The summed E-state index contributed by atoms with van der Waals surface area (Å²) in [5, 5.41) is 22.4. The fourth-order valence-electron chi connectivity index (χ4n) is 3.21. The van der Waals surface area contributed by atoms with E-state index < -0.39 is 24.1 Å². The second-order valence-electron chi connectivity index (χ2n) is 6.31. The number of hydrogen-bond acceptors (Lipinski definition) is 6. The molecule has 0 bridgehead atoms. The SMILES string of the molecule is O=C(Nc1[nH]c(=O)nc2c1ccn2[C@H]1C[C@H](O)[C@@H](CO)O1)c1ccccc1. The lowest BCUT2D eigenvalue weighted by molar-refractivity contribution is -0.0430. The number of hydrogen-bond donors (Lipinski definition) is 4. The third-order valence-corrected chi connectivity index (χ3v) is 4.56. The molecule has 3 atom stereocenters. The molecule has 0 saturated carbocycles. The van der Waals surface area contributed by atoms with Gasteiger partial charge in [-0.25, -0.2) is 4.79 Å². The lowest BCUT2D eigenvalue weighted by Crippen LogP contribution is -2.24. The van der Waals surface area contributed by atoms with Gasteiger partial charge in [-0.15, -0.1) is 0 Å². The minimum absolute atomic E-state index is 0.231. The van der Waals surface area contributed by atoms with Gasteiger partial charge < -0.3 is 24.8 Å². The molecule has 9 nitrogen and oxygen atoms in total.